The molecule has 5 nitrogen and oxygen atoms in total. The van der Waals surface area contributed by atoms with E-state index in [9.17, 15) is 4.79 Å². The van der Waals surface area contributed by atoms with E-state index in [1.165, 1.54) is 0 Å². The highest BCUT2D eigenvalue weighted by molar-refractivity contribution is 5.77. The predicted octanol–water partition coefficient (Wildman–Crippen LogP) is 1.27. The van der Waals surface area contributed by atoms with Crippen LogP contribution in [0.2, 0.25) is 0 Å². The van der Waals surface area contributed by atoms with Gasteiger partial charge in [0.1, 0.15) is 5.75 Å². The molecule has 0 bridgehead atoms. The van der Waals surface area contributed by atoms with Crippen molar-refractivity contribution in [1.82, 2.24) is 4.90 Å². The van der Waals surface area contributed by atoms with Crippen LogP contribution in [0, 0.1) is 0 Å². The Labute approximate surface area is 114 Å². The van der Waals surface area contributed by atoms with Crippen LogP contribution >= 0.6 is 0 Å². The Hall–Kier alpha value is -1.75. The lowest BCUT2D eigenvalue weighted by molar-refractivity contribution is -0.134. The molecule has 0 unspecified atom stereocenters. The summed E-state index contributed by atoms with van der Waals surface area (Å²) in [6, 6.07) is 6.97. The van der Waals surface area contributed by atoms with Crippen LogP contribution in [0.1, 0.15) is 19.8 Å². The van der Waals surface area contributed by atoms with Gasteiger partial charge in [0.2, 0.25) is 0 Å². The number of hydrogen-bond acceptors (Lipinski definition) is 4. The second kappa shape index (κ2) is 8.37. The Morgan fingerprint density at radius 3 is 2.84 bits per heavy atom. The fraction of sp³-hybridized carbons (Fsp3) is 0.500. The number of ether oxygens (including phenoxy) is 1. The van der Waals surface area contributed by atoms with Crippen LogP contribution in [0.4, 0.5) is 5.69 Å². The fourth-order valence-corrected chi connectivity index (χ4v) is 1.67. The van der Waals surface area contributed by atoms with Crippen molar-refractivity contribution in [2.75, 3.05) is 32.0 Å². The number of rotatable bonds is 8. The molecule has 106 valence electrons. The molecule has 1 rings (SSSR count). The molecule has 0 atom stereocenters. The van der Waals surface area contributed by atoms with Gasteiger partial charge >= 0.3 is 0 Å². The van der Waals surface area contributed by atoms with Gasteiger partial charge in [-0.25, -0.2) is 0 Å². The summed E-state index contributed by atoms with van der Waals surface area (Å²) in [6.07, 6.45) is 1.93. The van der Waals surface area contributed by atoms with Gasteiger partial charge in [-0.3, -0.25) is 4.79 Å². The van der Waals surface area contributed by atoms with E-state index < -0.39 is 0 Å². The minimum absolute atomic E-state index is 0.0340. The number of aliphatic hydroxyl groups is 1. The molecule has 0 heterocycles. The van der Waals surface area contributed by atoms with Crippen LogP contribution in [0.3, 0.4) is 0 Å². The maximum atomic E-state index is 12.0. The third-order valence-electron chi connectivity index (χ3n) is 2.72. The van der Waals surface area contributed by atoms with Crippen LogP contribution < -0.4 is 10.5 Å². The van der Waals surface area contributed by atoms with E-state index in [-0.39, 0.29) is 19.1 Å². The lowest BCUT2D eigenvalue weighted by atomic mass is 10.3. The zero-order valence-electron chi connectivity index (χ0n) is 11.3. The number of anilines is 1. The quantitative estimate of drug-likeness (QED) is 0.695. The maximum absolute atomic E-state index is 12.0. The van der Waals surface area contributed by atoms with E-state index in [4.69, 9.17) is 15.6 Å². The van der Waals surface area contributed by atoms with Crippen molar-refractivity contribution >= 4 is 11.6 Å². The average Bonchev–Trinajstić information content (AvgIpc) is 2.41. The van der Waals surface area contributed by atoms with Crippen molar-refractivity contribution in [3.63, 3.8) is 0 Å². The van der Waals surface area contributed by atoms with Gasteiger partial charge in [0.05, 0.1) is 6.61 Å². The van der Waals surface area contributed by atoms with E-state index in [0.29, 0.717) is 24.5 Å². The number of aliphatic hydroxyl groups excluding tert-OH is 1. The smallest absolute Gasteiger partial charge is 0.260 e. The van der Waals surface area contributed by atoms with E-state index >= 15 is 0 Å². The largest absolute Gasteiger partial charge is 0.484 e. The Bertz CT molecular complexity index is 396. The molecular formula is C14H22N2O3. The van der Waals surface area contributed by atoms with Gasteiger partial charge in [-0.1, -0.05) is 19.4 Å². The summed E-state index contributed by atoms with van der Waals surface area (Å²) >= 11 is 0. The fourth-order valence-electron chi connectivity index (χ4n) is 1.67. The second-order valence-electron chi connectivity index (χ2n) is 4.32. The summed E-state index contributed by atoms with van der Waals surface area (Å²) in [5.74, 6) is 0.456. The number of unbranched alkanes of at least 4 members (excludes halogenated alkanes) is 1. The second-order valence-corrected chi connectivity index (χ2v) is 4.32. The molecule has 1 aromatic carbocycles. The molecule has 0 saturated carbocycles. The van der Waals surface area contributed by atoms with Crippen LogP contribution in [-0.2, 0) is 4.79 Å². The first-order valence-electron chi connectivity index (χ1n) is 6.54. The van der Waals surface area contributed by atoms with Crippen molar-refractivity contribution in [3.8, 4) is 5.75 Å². The van der Waals surface area contributed by atoms with Gasteiger partial charge in [-0.05, 0) is 18.6 Å². The first kappa shape index (κ1) is 15.3. The van der Waals surface area contributed by atoms with Crippen molar-refractivity contribution in [3.05, 3.63) is 24.3 Å². The van der Waals surface area contributed by atoms with Gasteiger partial charge in [-0.15, -0.1) is 0 Å². The van der Waals surface area contributed by atoms with Gasteiger partial charge in [0.15, 0.2) is 6.61 Å². The molecular weight excluding hydrogens is 244 g/mol. The van der Waals surface area contributed by atoms with Crippen molar-refractivity contribution in [2.24, 2.45) is 0 Å². The zero-order valence-corrected chi connectivity index (χ0v) is 11.3. The molecule has 0 radical (unpaired) electrons. The van der Waals surface area contributed by atoms with Gasteiger partial charge < -0.3 is 20.5 Å². The van der Waals surface area contributed by atoms with Crippen molar-refractivity contribution in [1.29, 1.82) is 0 Å². The molecule has 1 amide bonds. The topological polar surface area (TPSA) is 75.8 Å². The summed E-state index contributed by atoms with van der Waals surface area (Å²) in [4.78, 5) is 13.6. The maximum Gasteiger partial charge on any atom is 0.260 e. The highest BCUT2D eigenvalue weighted by Gasteiger charge is 2.13. The summed E-state index contributed by atoms with van der Waals surface area (Å²) < 4.78 is 5.40. The van der Waals surface area contributed by atoms with Crippen LogP contribution in [0.5, 0.6) is 5.75 Å². The number of amides is 1. The third-order valence-corrected chi connectivity index (χ3v) is 2.72. The predicted molar refractivity (Wildman–Crippen MR) is 74.9 cm³/mol. The normalized spacial score (nSPS) is 10.2. The van der Waals surface area contributed by atoms with E-state index in [1.54, 1.807) is 29.2 Å². The molecule has 0 aromatic heterocycles. The molecule has 0 aliphatic carbocycles. The number of nitrogens with zero attached hydrogens (tertiary/aromatic N) is 1. The number of carbonyl (C=O) groups is 1. The van der Waals surface area contributed by atoms with Crippen LogP contribution in [0.15, 0.2) is 24.3 Å². The monoisotopic (exact) mass is 266 g/mol. The first-order valence-corrected chi connectivity index (χ1v) is 6.54. The minimum Gasteiger partial charge on any atom is -0.484 e. The summed E-state index contributed by atoms with van der Waals surface area (Å²) in [7, 11) is 0. The SMILES string of the molecule is CCCCN(CCO)C(=O)COc1cccc(N)c1. The standard InChI is InChI=1S/C14H22N2O3/c1-2-3-7-16(8-9-17)14(18)11-19-13-6-4-5-12(15)10-13/h4-6,10,17H,2-3,7-9,11,15H2,1H3. The van der Waals surface area contributed by atoms with E-state index in [0.717, 1.165) is 12.8 Å². The number of hydrogen-bond donors (Lipinski definition) is 2. The lowest BCUT2D eigenvalue weighted by Gasteiger charge is -2.21. The Morgan fingerprint density at radius 1 is 1.42 bits per heavy atom. The number of benzene rings is 1. The average molecular weight is 266 g/mol. The molecule has 3 N–H and O–H groups in total. The molecule has 0 saturated heterocycles. The Kier molecular flexibility index (Phi) is 6.74. The highest BCUT2D eigenvalue weighted by atomic mass is 16.5. The Morgan fingerprint density at radius 2 is 2.21 bits per heavy atom. The summed E-state index contributed by atoms with van der Waals surface area (Å²) in [5, 5.41) is 8.96. The molecule has 19 heavy (non-hydrogen) atoms. The molecule has 1 aromatic rings. The minimum atomic E-state index is -0.120. The van der Waals surface area contributed by atoms with Crippen LogP contribution in [0.25, 0.3) is 0 Å². The summed E-state index contributed by atoms with van der Waals surface area (Å²) in [6.45, 7) is 2.99. The van der Waals surface area contributed by atoms with Gasteiger partial charge in [0.25, 0.3) is 5.91 Å². The first-order chi connectivity index (χ1) is 9.17. The lowest BCUT2D eigenvalue weighted by Crippen LogP contribution is -2.37. The Balaban J connectivity index is 2.47. The zero-order chi connectivity index (χ0) is 14.1. The van der Waals surface area contributed by atoms with Gasteiger partial charge in [-0.2, -0.15) is 0 Å². The number of nitrogen functional groups attached to an aromatic ring is 1. The molecule has 0 aliphatic heterocycles. The van der Waals surface area contributed by atoms with Crippen LogP contribution in [-0.4, -0.2) is 42.2 Å². The number of nitrogens with two attached hydrogens (primary N) is 1. The number of carbonyl (C=O) groups excluding carboxylic acids is 1. The van der Waals surface area contributed by atoms with Gasteiger partial charge in [0, 0.05) is 24.8 Å². The summed E-state index contributed by atoms with van der Waals surface area (Å²) in [5.41, 5.74) is 6.23. The highest BCUT2D eigenvalue weighted by Crippen LogP contribution is 2.14. The molecule has 5 heteroatoms. The molecule has 0 aliphatic rings. The molecule has 0 spiro atoms. The third kappa shape index (κ3) is 5.61. The molecule has 0 fully saturated rings. The van der Waals surface area contributed by atoms with E-state index in [2.05, 4.69) is 6.92 Å². The van der Waals surface area contributed by atoms with Crippen molar-refractivity contribution < 1.29 is 14.6 Å². The van der Waals surface area contributed by atoms with Crippen molar-refractivity contribution in [2.45, 2.75) is 19.8 Å². The van der Waals surface area contributed by atoms with E-state index in [1.807, 2.05) is 0 Å².